The molecule has 1 heterocycles. The van der Waals surface area contributed by atoms with E-state index in [1.165, 1.54) is 82.6 Å². The van der Waals surface area contributed by atoms with E-state index in [1.54, 1.807) is 0 Å². The SMILES string of the molecule is c1ccc(-c2ccc(N(c3cccc(-c4ccc(-c5ccc6c(c5)c5ccccc5n6-c5cc(-c6ccccc6)cc(-c6ccccc6)c5)cc4)c3)c3ccc4ccccc4c3)cc2)cc1. The molecule has 0 spiro atoms. The minimum atomic E-state index is 1.10. The van der Waals surface area contributed by atoms with Crippen LogP contribution in [0.3, 0.4) is 0 Å². The highest BCUT2D eigenvalue weighted by Gasteiger charge is 2.17. The normalized spacial score (nSPS) is 11.3. The van der Waals surface area contributed by atoms with E-state index in [0.29, 0.717) is 0 Å². The molecule has 0 aliphatic carbocycles. The fraction of sp³-hybridized carbons (Fsp3) is 0. The van der Waals surface area contributed by atoms with Crippen LogP contribution in [0.15, 0.2) is 267 Å². The Morgan fingerprint density at radius 3 is 1.35 bits per heavy atom. The zero-order valence-corrected chi connectivity index (χ0v) is 36.3. The summed E-state index contributed by atoms with van der Waals surface area (Å²) in [6, 6.07) is 96.9. The van der Waals surface area contributed by atoms with Crippen LogP contribution in [-0.2, 0) is 0 Å². The predicted octanol–water partition coefficient (Wildman–Crippen LogP) is 17.7. The predicted molar refractivity (Wildman–Crippen MR) is 280 cm³/mol. The first-order chi connectivity index (χ1) is 32.7. The van der Waals surface area contributed by atoms with E-state index < -0.39 is 0 Å². The van der Waals surface area contributed by atoms with Crippen LogP contribution in [-0.4, -0.2) is 4.57 Å². The summed E-state index contributed by atoms with van der Waals surface area (Å²) < 4.78 is 2.43. The highest BCUT2D eigenvalue weighted by atomic mass is 15.1. The van der Waals surface area contributed by atoms with Crippen molar-refractivity contribution in [2.75, 3.05) is 4.90 Å². The van der Waals surface area contributed by atoms with Gasteiger partial charge in [0.25, 0.3) is 0 Å². The zero-order chi connectivity index (χ0) is 43.8. The van der Waals surface area contributed by atoms with E-state index in [4.69, 9.17) is 0 Å². The van der Waals surface area contributed by atoms with Crippen LogP contribution < -0.4 is 4.90 Å². The molecule has 0 saturated heterocycles. The molecule has 0 fully saturated rings. The first-order valence-corrected chi connectivity index (χ1v) is 22.7. The van der Waals surface area contributed by atoms with Crippen molar-refractivity contribution in [3.05, 3.63) is 267 Å². The Morgan fingerprint density at radius 1 is 0.227 bits per heavy atom. The summed E-state index contributed by atoms with van der Waals surface area (Å²) >= 11 is 0. The molecule has 0 unspecified atom stereocenters. The Bertz CT molecular complexity index is 3610. The van der Waals surface area contributed by atoms with Crippen LogP contribution >= 0.6 is 0 Å². The molecule has 12 aromatic rings. The molecule has 0 aliphatic rings. The smallest absolute Gasteiger partial charge is 0.0541 e. The lowest BCUT2D eigenvalue weighted by atomic mass is 9.97. The number of hydrogen-bond acceptors (Lipinski definition) is 1. The highest BCUT2D eigenvalue weighted by molar-refractivity contribution is 6.10. The summed E-state index contributed by atoms with van der Waals surface area (Å²) in [6.45, 7) is 0. The Labute approximate surface area is 385 Å². The second-order valence-electron chi connectivity index (χ2n) is 17.0. The van der Waals surface area contributed by atoms with Gasteiger partial charge in [0.2, 0.25) is 0 Å². The molecule has 0 radical (unpaired) electrons. The average molecular weight is 841 g/mol. The van der Waals surface area contributed by atoms with Crippen molar-refractivity contribution < 1.29 is 0 Å². The first-order valence-electron chi connectivity index (χ1n) is 22.7. The van der Waals surface area contributed by atoms with Crippen molar-refractivity contribution in [3.8, 4) is 61.3 Å². The minimum Gasteiger partial charge on any atom is -0.310 e. The van der Waals surface area contributed by atoms with Crippen LogP contribution in [0.25, 0.3) is 93.9 Å². The third kappa shape index (κ3) is 7.31. The van der Waals surface area contributed by atoms with Gasteiger partial charge in [0.1, 0.15) is 0 Å². The standard InChI is InChI=1S/C64H44N2/c1-4-15-45(16-5-1)49-31-35-57(36-32-49)65(59-37-33-48-21-10-11-22-52(48)41-59)58-24-14-23-53(40-58)50-27-29-51(30-28-50)54-34-38-64-62(44-54)61-25-12-13-26-63(61)66(64)60-42-55(46-17-6-2-7-18-46)39-56(43-60)47-19-8-3-9-20-47/h1-44H. The van der Waals surface area contributed by atoms with Crippen LogP contribution in [0, 0.1) is 0 Å². The monoisotopic (exact) mass is 840 g/mol. The van der Waals surface area contributed by atoms with Crippen LogP contribution in [0.1, 0.15) is 0 Å². The van der Waals surface area contributed by atoms with E-state index in [9.17, 15) is 0 Å². The van der Waals surface area contributed by atoms with Gasteiger partial charge in [-0.25, -0.2) is 0 Å². The fourth-order valence-corrected chi connectivity index (χ4v) is 9.64. The number of hydrogen-bond donors (Lipinski definition) is 0. The van der Waals surface area contributed by atoms with Crippen LogP contribution in [0.2, 0.25) is 0 Å². The van der Waals surface area contributed by atoms with Gasteiger partial charge in [0.15, 0.2) is 0 Å². The average Bonchev–Trinajstić information content (AvgIpc) is 3.73. The molecule has 0 aliphatic heterocycles. The molecule has 0 N–H and O–H groups in total. The first kappa shape index (κ1) is 38.9. The lowest BCUT2D eigenvalue weighted by Gasteiger charge is -2.26. The fourth-order valence-electron chi connectivity index (χ4n) is 9.64. The zero-order valence-electron chi connectivity index (χ0n) is 36.3. The molecule has 12 rings (SSSR count). The summed E-state index contributed by atoms with van der Waals surface area (Å²) in [5.74, 6) is 0. The van der Waals surface area contributed by atoms with E-state index in [2.05, 4.69) is 276 Å². The number of benzene rings is 11. The molecule has 0 bridgehead atoms. The molecule has 2 heteroatoms. The van der Waals surface area contributed by atoms with Gasteiger partial charge in [-0.15, -0.1) is 0 Å². The molecule has 310 valence electrons. The molecular weight excluding hydrogens is 797 g/mol. The molecule has 0 saturated carbocycles. The van der Waals surface area contributed by atoms with Crippen molar-refractivity contribution in [2.45, 2.75) is 0 Å². The molecule has 1 aromatic heterocycles. The second kappa shape index (κ2) is 16.8. The van der Waals surface area contributed by atoms with Gasteiger partial charge in [0, 0.05) is 33.5 Å². The number of anilines is 3. The molecular formula is C64H44N2. The van der Waals surface area contributed by atoms with Gasteiger partial charge in [-0.3, -0.25) is 0 Å². The summed E-state index contributed by atoms with van der Waals surface area (Å²) in [7, 11) is 0. The van der Waals surface area contributed by atoms with E-state index in [0.717, 1.165) is 28.3 Å². The quantitative estimate of drug-likeness (QED) is 0.141. The number of aromatic nitrogens is 1. The number of fused-ring (bicyclic) bond motifs is 4. The number of rotatable bonds is 9. The molecule has 2 nitrogen and oxygen atoms in total. The maximum Gasteiger partial charge on any atom is 0.0541 e. The van der Waals surface area contributed by atoms with Crippen molar-refractivity contribution in [2.24, 2.45) is 0 Å². The topological polar surface area (TPSA) is 8.17 Å². The molecule has 66 heavy (non-hydrogen) atoms. The lowest BCUT2D eigenvalue weighted by molar-refractivity contribution is 1.18. The summed E-state index contributed by atoms with van der Waals surface area (Å²) in [4.78, 5) is 2.37. The van der Waals surface area contributed by atoms with Gasteiger partial charge < -0.3 is 9.47 Å². The maximum atomic E-state index is 2.43. The van der Waals surface area contributed by atoms with Gasteiger partial charge >= 0.3 is 0 Å². The van der Waals surface area contributed by atoms with Crippen LogP contribution in [0.5, 0.6) is 0 Å². The lowest BCUT2D eigenvalue weighted by Crippen LogP contribution is -2.10. The number of para-hydroxylation sites is 1. The molecule has 0 atom stereocenters. The molecule has 0 amide bonds. The Balaban J connectivity index is 0.905. The third-order valence-electron chi connectivity index (χ3n) is 12.9. The van der Waals surface area contributed by atoms with Gasteiger partial charge in [-0.2, -0.15) is 0 Å². The Morgan fingerprint density at radius 2 is 0.682 bits per heavy atom. The second-order valence-corrected chi connectivity index (χ2v) is 17.0. The molecule has 11 aromatic carbocycles. The van der Waals surface area contributed by atoms with Crippen molar-refractivity contribution in [1.29, 1.82) is 0 Å². The van der Waals surface area contributed by atoms with E-state index >= 15 is 0 Å². The highest BCUT2D eigenvalue weighted by Crippen LogP contribution is 2.41. The Kier molecular flexibility index (Phi) is 9.89. The summed E-state index contributed by atoms with van der Waals surface area (Å²) in [5.41, 5.74) is 18.7. The maximum absolute atomic E-state index is 2.43. The summed E-state index contributed by atoms with van der Waals surface area (Å²) in [5, 5.41) is 4.91. The third-order valence-corrected chi connectivity index (χ3v) is 12.9. The van der Waals surface area contributed by atoms with Gasteiger partial charge in [-0.05, 0) is 139 Å². The van der Waals surface area contributed by atoms with Gasteiger partial charge in [-0.1, -0.05) is 194 Å². The largest absolute Gasteiger partial charge is 0.310 e. The van der Waals surface area contributed by atoms with Crippen molar-refractivity contribution in [1.82, 2.24) is 4.57 Å². The van der Waals surface area contributed by atoms with Crippen molar-refractivity contribution in [3.63, 3.8) is 0 Å². The summed E-state index contributed by atoms with van der Waals surface area (Å²) in [6.07, 6.45) is 0. The number of nitrogens with zero attached hydrogens (tertiary/aromatic N) is 2. The van der Waals surface area contributed by atoms with E-state index in [1.807, 2.05) is 0 Å². The van der Waals surface area contributed by atoms with Crippen molar-refractivity contribution >= 4 is 49.6 Å². The van der Waals surface area contributed by atoms with E-state index in [-0.39, 0.29) is 0 Å². The Hall–Kier alpha value is -8.72. The minimum absolute atomic E-state index is 1.10. The van der Waals surface area contributed by atoms with Crippen LogP contribution in [0.4, 0.5) is 17.1 Å². The van der Waals surface area contributed by atoms with Gasteiger partial charge in [0.05, 0.1) is 11.0 Å².